The maximum absolute atomic E-state index is 6.07. The molecule has 1 N–H and O–H groups in total. The van der Waals surface area contributed by atoms with Gasteiger partial charge in [0.2, 0.25) is 0 Å². The lowest BCUT2D eigenvalue weighted by atomic mass is 10.0. The second-order valence-electron chi connectivity index (χ2n) is 6.81. The molecule has 0 aliphatic heterocycles. The van der Waals surface area contributed by atoms with Gasteiger partial charge in [0.15, 0.2) is 0 Å². The van der Waals surface area contributed by atoms with Gasteiger partial charge in [-0.1, -0.05) is 33.1 Å². The van der Waals surface area contributed by atoms with Crippen LogP contribution in [0.1, 0.15) is 65.9 Å². The van der Waals surface area contributed by atoms with Crippen molar-refractivity contribution in [3.8, 4) is 5.75 Å². The number of nitrogens with one attached hydrogen (secondary N) is 1. The zero-order chi connectivity index (χ0) is 15.7. The molecular formula is C18H32N2O. The lowest BCUT2D eigenvalue weighted by Gasteiger charge is -2.22. The number of pyridine rings is 1. The van der Waals surface area contributed by atoms with Crippen molar-refractivity contribution in [1.82, 2.24) is 10.3 Å². The third kappa shape index (κ3) is 7.47. The molecule has 0 saturated heterocycles. The highest BCUT2D eigenvalue weighted by Crippen LogP contribution is 2.20. The highest BCUT2D eigenvalue weighted by atomic mass is 16.5. The van der Waals surface area contributed by atoms with Gasteiger partial charge in [0.1, 0.15) is 5.75 Å². The van der Waals surface area contributed by atoms with E-state index in [4.69, 9.17) is 4.74 Å². The predicted molar refractivity (Wildman–Crippen MR) is 89.6 cm³/mol. The summed E-state index contributed by atoms with van der Waals surface area (Å²) in [6.07, 6.45) is 8.70. The minimum absolute atomic E-state index is 0.0974. The zero-order valence-corrected chi connectivity index (χ0v) is 14.4. The number of unbranched alkanes of at least 4 members (excludes halogenated alkanes) is 1. The van der Waals surface area contributed by atoms with Crippen molar-refractivity contribution in [3.05, 3.63) is 24.0 Å². The molecule has 3 nitrogen and oxygen atoms in total. The summed E-state index contributed by atoms with van der Waals surface area (Å²) in [5.74, 6) is 1.62. The molecular weight excluding hydrogens is 260 g/mol. The van der Waals surface area contributed by atoms with Crippen LogP contribution in [0.2, 0.25) is 0 Å². The molecule has 0 saturated carbocycles. The Morgan fingerprint density at radius 3 is 2.67 bits per heavy atom. The van der Waals surface area contributed by atoms with Crippen LogP contribution in [-0.2, 0) is 6.54 Å². The molecule has 1 rings (SSSR count). The van der Waals surface area contributed by atoms with Crippen LogP contribution in [0, 0.1) is 5.92 Å². The van der Waals surface area contributed by atoms with Crippen LogP contribution in [0.5, 0.6) is 5.75 Å². The summed E-state index contributed by atoms with van der Waals surface area (Å²) in [4.78, 5) is 4.22. The van der Waals surface area contributed by atoms with Crippen LogP contribution >= 0.6 is 0 Å². The smallest absolute Gasteiger partial charge is 0.126 e. The number of rotatable bonds is 9. The zero-order valence-electron chi connectivity index (χ0n) is 14.4. The van der Waals surface area contributed by atoms with Crippen molar-refractivity contribution in [1.29, 1.82) is 0 Å². The van der Waals surface area contributed by atoms with E-state index in [1.165, 1.54) is 25.7 Å². The molecule has 1 aromatic rings. The first kappa shape index (κ1) is 18.0. The lowest BCUT2D eigenvalue weighted by Crippen LogP contribution is -2.35. The molecule has 3 heteroatoms. The summed E-state index contributed by atoms with van der Waals surface area (Å²) in [5, 5.41) is 3.49. The summed E-state index contributed by atoms with van der Waals surface area (Å²) in [6, 6.07) is 1.98. The lowest BCUT2D eigenvalue weighted by molar-refractivity contribution is 0.230. The molecule has 0 spiro atoms. The Morgan fingerprint density at radius 1 is 1.29 bits per heavy atom. The molecule has 0 radical (unpaired) electrons. The first-order chi connectivity index (χ1) is 9.96. The average Bonchev–Trinajstić information content (AvgIpc) is 2.45. The fourth-order valence-electron chi connectivity index (χ4n) is 2.15. The predicted octanol–water partition coefficient (Wildman–Crippen LogP) is 4.56. The number of hydrogen-bond donors (Lipinski definition) is 1. The van der Waals surface area contributed by atoms with Crippen molar-refractivity contribution in [3.63, 3.8) is 0 Å². The van der Waals surface area contributed by atoms with Crippen molar-refractivity contribution in [2.75, 3.05) is 6.61 Å². The number of aromatic nitrogens is 1. The Morgan fingerprint density at radius 2 is 2.05 bits per heavy atom. The van der Waals surface area contributed by atoms with Gasteiger partial charge < -0.3 is 10.1 Å². The summed E-state index contributed by atoms with van der Waals surface area (Å²) in [5.41, 5.74) is 1.23. The minimum atomic E-state index is 0.0974. The molecule has 1 atom stereocenters. The molecule has 1 unspecified atom stereocenters. The van der Waals surface area contributed by atoms with E-state index in [9.17, 15) is 0 Å². The molecule has 0 fully saturated rings. The van der Waals surface area contributed by atoms with Gasteiger partial charge in [-0.15, -0.1) is 0 Å². The van der Waals surface area contributed by atoms with E-state index in [1.54, 1.807) is 0 Å². The average molecular weight is 292 g/mol. The first-order valence-electron chi connectivity index (χ1n) is 8.27. The normalized spacial score (nSPS) is 13.2. The van der Waals surface area contributed by atoms with E-state index in [1.807, 2.05) is 18.5 Å². The van der Waals surface area contributed by atoms with Crippen molar-refractivity contribution in [2.24, 2.45) is 5.92 Å². The van der Waals surface area contributed by atoms with Crippen LogP contribution in [0.25, 0.3) is 0 Å². The van der Waals surface area contributed by atoms with Gasteiger partial charge in [-0.25, -0.2) is 0 Å². The second kappa shape index (κ2) is 9.04. The van der Waals surface area contributed by atoms with Crippen LogP contribution in [-0.4, -0.2) is 17.1 Å². The largest absolute Gasteiger partial charge is 0.493 e. The maximum Gasteiger partial charge on any atom is 0.126 e. The third-order valence-corrected chi connectivity index (χ3v) is 3.69. The van der Waals surface area contributed by atoms with Gasteiger partial charge in [0, 0.05) is 30.0 Å². The van der Waals surface area contributed by atoms with Crippen molar-refractivity contribution < 1.29 is 4.74 Å². The van der Waals surface area contributed by atoms with Gasteiger partial charge in [-0.05, 0) is 39.2 Å². The summed E-state index contributed by atoms with van der Waals surface area (Å²) in [7, 11) is 0. The number of nitrogens with zero attached hydrogens (tertiary/aromatic N) is 1. The number of ether oxygens (including phenoxy) is 1. The first-order valence-corrected chi connectivity index (χ1v) is 8.27. The Bertz CT molecular complexity index is 398. The van der Waals surface area contributed by atoms with Gasteiger partial charge in [0.05, 0.1) is 6.61 Å². The molecule has 1 heterocycles. The third-order valence-electron chi connectivity index (χ3n) is 3.69. The van der Waals surface area contributed by atoms with E-state index in [2.05, 4.69) is 44.9 Å². The molecule has 21 heavy (non-hydrogen) atoms. The highest BCUT2D eigenvalue weighted by Gasteiger charge is 2.12. The van der Waals surface area contributed by atoms with Gasteiger partial charge in [-0.2, -0.15) is 0 Å². The Kier molecular flexibility index (Phi) is 7.73. The Balaban J connectivity index is 2.57. The summed E-state index contributed by atoms with van der Waals surface area (Å²) >= 11 is 0. The molecule has 0 aliphatic rings. The van der Waals surface area contributed by atoms with Crippen LogP contribution in [0.15, 0.2) is 18.5 Å². The maximum atomic E-state index is 6.07. The molecule has 1 aromatic heterocycles. The van der Waals surface area contributed by atoms with Gasteiger partial charge in [0.25, 0.3) is 0 Å². The van der Waals surface area contributed by atoms with Crippen LogP contribution < -0.4 is 10.1 Å². The monoisotopic (exact) mass is 292 g/mol. The SMILES string of the molecule is CCCCC(CC)COc1ccncc1CNC(C)(C)C. The quantitative estimate of drug-likeness (QED) is 0.724. The van der Waals surface area contributed by atoms with Crippen molar-refractivity contribution >= 4 is 0 Å². The van der Waals surface area contributed by atoms with E-state index < -0.39 is 0 Å². The molecule has 0 amide bonds. The minimum Gasteiger partial charge on any atom is -0.493 e. The topological polar surface area (TPSA) is 34.1 Å². The number of hydrogen-bond acceptors (Lipinski definition) is 3. The Hall–Kier alpha value is -1.09. The highest BCUT2D eigenvalue weighted by molar-refractivity contribution is 5.30. The van der Waals surface area contributed by atoms with Gasteiger partial charge in [-0.3, -0.25) is 4.98 Å². The molecule has 0 aromatic carbocycles. The standard InChI is InChI=1S/C18H32N2O/c1-6-8-9-15(7-2)14-21-17-10-11-19-12-16(17)13-20-18(3,4)5/h10-12,15,20H,6-9,13-14H2,1-5H3. The Labute approximate surface area is 130 Å². The van der Waals surface area contributed by atoms with E-state index in [0.29, 0.717) is 5.92 Å². The van der Waals surface area contributed by atoms with E-state index >= 15 is 0 Å². The van der Waals surface area contributed by atoms with Crippen LogP contribution in [0.4, 0.5) is 0 Å². The molecule has 120 valence electrons. The van der Waals surface area contributed by atoms with Gasteiger partial charge >= 0.3 is 0 Å². The van der Waals surface area contributed by atoms with Crippen molar-refractivity contribution in [2.45, 2.75) is 72.4 Å². The summed E-state index contributed by atoms with van der Waals surface area (Å²) < 4.78 is 6.07. The van der Waals surface area contributed by atoms with E-state index in [0.717, 1.165) is 24.5 Å². The molecule has 0 bridgehead atoms. The van der Waals surface area contributed by atoms with Crippen LogP contribution in [0.3, 0.4) is 0 Å². The summed E-state index contributed by atoms with van der Waals surface area (Å²) in [6.45, 7) is 12.6. The fraction of sp³-hybridized carbons (Fsp3) is 0.722. The fourth-order valence-corrected chi connectivity index (χ4v) is 2.15. The van der Waals surface area contributed by atoms with E-state index in [-0.39, 0.29) is 5.54 Å². The molecule has 0 aliphatic carbocycles. The second-order valence-corrected chi connectivity index (χ2v) is 6.81.